The Morgan fingerprint density at radius 2 is 1.76 bits per heavy atom. The van der Waals surface area contributed by atoms with Gasteiger partial charge in [-0.15, -0.1) is 6.58 Å². The molecule has 2 rings (SSSR count). The van der Waals surface area contributed by atoms with E-state index in [-0.39, 0.29) is 16.9 Å². The summed E-state index contributed by atoms with van der Waals surface area (Å²) in [5, 5.41) is 9.78. The zero-order valence-corrected chi connectivity index (χ0v) is 17.0. The maximum Gasteiger partial charge on any atom is 0.310 e. The summed E-state index contributed by atoms with van der Waals surface area (Å²) in [6, 6.07) is 0. The van der Waals surface area contributed by atoms with E-state index < -0.39 is 37.5 Å². The number of aliphatic carboxylic acids is 1. The summed E-state index contributed by atoms with van der Waals surface area (Å²) >= 11 is 0. The van der Waals surface area contributed by atoms with Gasteiger partial charge in [-0.25, -0.2) is 0 Å². The summed E-state index contributed by atoms with van der Waals surface area (Å²) in [5.74, 6) is -3.50. The third-order valence-corrected chi connectivity index (χ3v) is 11.0. The number of hydrogen-bond acceptors (Lipinski definition) is 4. The van der Waals surface area contributed by atoms with E-state index in [1.807, 2.05) is 12.2 Å². The van der Waals surface area contributed by atoms with Gasteiger partial charge in [0.1, 0.15) is 0 Å². The summed E-state index contributed by atoms with van der Waals surface area (Å²) in [7, 11) is -0.709. The zero-order chi connectivity index (χ0) is 19.2. The Hall–Kier alpha value is -1.40. The summed E-state index contributed by atoms with van der Waals surface area (Å²) in [6.07, 6.45) is 5.66. The largest absolute Gasteiger partial charge is 0.481 e. The summed E-state index contributed by atoms with van der Waals surface area (Å²) in [6.45, 7) is 15.2. The Morgan fingerprint density at radius 3 is 2.16 bits per heavy atom. The number of allylic oxidation sites excluding steroid dienone is 2. The van der Waals surface area contributed by atoms with Crippen molar-refractivity contribution in [3.63, 3.8) is 0 Å². The first kappa shape index (κ1) is 19.9. The van der Waals surface area contributed by atoms with Gasteiger partial charge in [-0.05, 0) is 18.1 Å². The maximum atomic E-state index is 12.3. The third-order valence-electron chi connectivity index (χ3n) is 6.56. The van der Waals surface area contributed by atoms with Gasteiger partial charge in [0.05, 0.1) is 18.9 Å². The van der Waals surface area contributed by atoms with E-state index in [2.05, 4.69) is 40.4 Å². The van der Waals surface area contributed by atoms with E-state index in [0.717, 1.165) is 0 Å². The number of carboxylic acid groups (broad SMARTS) is 1. The highest BCUT2D eigenvalue weighted by Crippen LogP contribution is 2.61. The number of methoxy groups -OCH3 is 1. The number of rotatable bonds is 6. The molecule has 0 aromatic carbocycles. The summed E-state index contributed by atoms with van der Waals surface area (Å²) in [5.41, 5.74) is -0.572. The second-order valence-corrected chi connectivity index (χ2v) is 13.5. The maximum absolute atomic E-state index is 12.3. The Labute approximate surface area is 151 Å². The molecule has 5 nitrogen and oxygen atoms in total. The highest BCUT2D eigenvalue weighted by molar-refractivity contribution is 6.74. The molecule has 2 aliphatic carbocycles. The van der Waals surface area contributed by atoms with Crippen LogP contribution in [-0.4, -0.2) is 39.1 Å². The van der Waals surface area contributed by atoms with Crippen molar-refractivity contribution in [3.05, 3.63) is 24.8 Å². The van der Waals surface area contributed by atoms with E-state index in [0.29, 0.717) is 6.61 Å². The van der Waals surface area contributed by atoms with Crippen LogP contribution in [0.15, 0.2) is 24.8 Å². The fourth-order valence-corrected chi connectivity index (χ4v) is 5.00. The lowest BCUT2D eigenvalue weighted by Gasteiger charge is -2.41. The van der Waals surface area contributed by atoms with Gasteiger partial charge in [-0.2, -0.15) is 0 Å². The molecule has 0 amide bonds. The third kappa shape index (κ3) is 2.99. The Bertz CT molecular complexity index is 603. The van der Waals surface area contributed by atoms with Crippen LogP contribution in [0.25, 0.3) is 0 Å². The molecule has 0 aromatic heterocycles. The average Bonchev–Trinajstić information content (AvgIpc) is 3.01. The standard InChI is InChI=1S/C19H30O5Si/c1-8-19(11-24-25(6,7)18(2,3)4)12-9-10-13(19)15(17(22)23-5)14(12)16(20)21/h8-10,12-15H,1,11H2,2-7H3,(H,20,21)/t12-,13+,14+,15+,19-/m1/s1. The van der Waals surface area contributed by atoms with Crippen LogP contribution >= 0.6 is 0 Å². The van der Waals surface area contributed by atoms with Crippen LogP contribution in [-0.2, 0) is 18.8 Å². The zero-order valence-electron chi connectivity index (χ0n) is 16.0. The summed E-state index contributed by atoms with van der Waals surface area (Å²) in [4.78, 5) is 24.2. The minimum absolute atomic E-state index is 0.0500. The van der Waals surface area contributed by atoms with Gasteiger partial charge in [0.15, 0.2) is 8.32 Å². The molecule has 0 aliphatic heterocycles. The van der Waals surface area contributed by atoms with Crippen molar-refractivity contribution in [2.24, 2.45) is 29.1 Å². The molecule has 25 heavy (non-hydrogen) atoms. The molecule has 5 atom stereocenters. The highest BCUT2D eigenvalue weighted by Gasteiger charge is 2.65. The van der Waals surface area contributed by atoms with Crippen molar-refractivity contribution in [2.45, 2.75) is 38.9 Å². The second kappa shape index (κ2) is 6.40. The SMILES string of the molecule is C=C[C@@]1(CO[Si](C)(C)C(C)(C)C)[C@@H]2C=C[C@H]1[C@H](C(=O)OC)[C@H]2C(=O)O. The van der Waals surface area contributed by atoms with Gasteiger partial charge >= 0.3 is 11.9 Å². The normalized spacial score (nSPS) is 34.2. The number of fused-ring (bicyclic) bond motifs is 2. The van der Waals surface area contributed by atoms with E-state index in [1.54, 1.807) is 6.08 Å². The van der Waals surface area contributed by atoms with Crippen molar-refractivity contribution in [1.82, 2.24) is 0 Å². The van der Waals surface area contributed by atoms with Crippen LogP contribution in [0.4, 0.5) is 0 Å². The molecule has 0 saturated heterocycles. The molecule has 1 fully saturated rings. The van der Waals surface area contributed by atoms with Crippen molar-refractivity contribution in [3.8, 4) is 0 Å². The molecule has 0 radical (unpaired) electrons. The van der Waals surface area contributed by atoms with E-state index in [4.69, 9.17) is 9.16 Å². The molecule has 1 N–H and O–H groups in total. The minimum atomic E-state index is -2.01. The molecule has 0 heterocycles. The number of carboxylic acids is 1. The van der Waals surface area contributed by atoms with Gasteiger partial charge in [-0.1, -0.05) is 39.0 Å². The second-order valence-electron chi connectivity index (χ2n) is 8.71. The van der Waals surface area contributed by atoms with Crippen LogP contribution in [0.3, 0.4) is 0 Å². The Kier molecular flexibility index (Phi) is 5.09. The van der Waals surface area contributed by atoms with E-state index in [9.17, 15) is 14.7 Å². The number of hydrogen-bond donors (Lipinski definition) is 1. The minimum Gasteiger partial charge on any atom is -0.481 e. The van der Waals surface area contributed by atoms with Crippen molar-refractivity contribution >= 4 is 20.3 Å². The molecule has 0 unspecified atom stereocenters. The number of carbonyl (C=O) groups is 2. The fraction of sp³-hybridized carbons (Fsp3) is 0.684. The molecule has 2 aliphatic rings. The smallest absolute Gasteiger partial charge is 0.310 e. The Morgan fingerprint density at radius 1 is 1.24 bits per heavy atom. The van der Waals surface area contributed by atoms with Crippen molar-refractivity contribution < 1.29 is 23.9 Å². The first-order valence-electron chi connectivity index (χ1n) is 8.69. The lowest BCUT2D eigenvalue weighted by atomic mass is 9.76. The van der Waals surface area contributed by atoms with Crippen LogP contribution in [0.1, 0.15) is 20.8 Å². The topological polar surface area (TPSA) is 72.8 Å². The van der Waals surface area contributed by atoms with Gasteiger partial charge in [-0.3, -0.25) is 9.59 Å². The van der Waals surface area contributed by atoms with Crippen molar-refractivity contribution in [2.75, 3.05) is 13.7 Å². The van der Waals surface area contributed by atoms with E-state index >= 15 is 0 Å². The predicted molar refractivity (Wildman–Crippen MR) is 98.5 cm³/mol. The fourth-order valence-electron chi connectivity index (χ4n) is 3.96. The lowest BCUT2D eigenvalue weighted by Crippen LogP contribution is -2.45. The lowest BCUT2D eigenvalue weighted by molar-refractivity contribution is -0.156. The highest BCUT2D eigenvalue weighted by atomic mass is 28.4. The van der Waals surface area contributed by atoms with Crippen LogP contribution in [0.2, 0.25) is 18.1 Å². The molecule has 6 heteroatoms. The molecule has 2 bridgehead atoms. The van der Waals surface area contributed by atoms with Crippen molar-refractivity contribution in [1.29, 1.82) is 0 Å². The predicted octanol–water partition coefficient (Wildman–Crippen LogP) is 3.49. The molecule has 1 saturated carbocycles. The van der Waals surface area contributed by atoms with Gasteiger partial charge < -0.3 is 14.3 Å². The van der Waals surface area contributed by atoms with Gasteiger partial charge in [0.25, 0.3) is 0 Å². The first-order valence-corrected chi connectivity index (χ1v) is 11.6. The van der Waals surface area contributed by atoms with Gasteiger partial charge in [0, 0.05) is 23.9 Å². The number of esters is 1. The summed E-state index contributed by atoms with van der Waals surface area (Å²) < 4.78 is 11.3. The molecule has 0 aromatic rings. The molecular weight excluding hydrogens is 336 g/mol. The quantitative estimate of drug-likeness (QED) is 0.442. The monoisotopic (exact) mass is 366 g/mol. The van der Waals surface area contributed by atoms with Crippen LogP contribution in [0.5, 0.6) is 0 Å². The van der Waals surface area contributed by atoms with Gasteiger partial charge in [0.2, 0.25) is 0 Å². The molecule has 0 spiro atoms. The Balaban J connectivity index is 2.37. The van der Waals surface area contributed by atoms with Crippen LogP contribution in [0, 0.1) is 29.1 Å². The van der Waals surface area contributed by atoms with E-state index in [1.165, 1.54) is 7.11 Å². The average molecular weight is 367 g/mol. The molecule has 140 valence electrons. The first-order chi connectivity index (χ1) is 11.4. The number of carbonyl (C=O) groups excluding carboxylic acids is 1. The number of ether oxygens (including phenoxy) is 1. The van der Waals surface area contributed by atoms with Crippen LogP contribution < -0.4 is 0 Å². The molecular formula is C19H30O5Si.